The van der Waals surface area contributed by atoms with Gasteiger partial charge in [-0.05, 0) is 105 Å². The van der Waals surface area contributed by atoms with E-state index in [1.165, 1.54) is 0 Å². The van der Waals surface area contributed by atoms with Gasteiger partial charge in [-0.3, -0.25) is 0 Å². The van der Waals surface area contributed by atoms with Crippen LogP contribution in [0.25, 0.3) is 32.7 Å². The summed E-state index contributed by atoms with van der Waals surface area (Å²) in [7, 11) is -1.02. The summed E-state index contributed by atoms with van der Waals surface area (Å²) in [5, 5.41) is 4.44. The van der Waals surface area contributed by atoms with Crippen molar-refractivity contribution in [2.24, 2.45) is 0 Å². The van der Waals surface area contributed by atoms with Crippen molar-refractivity contribution >= 4 is 46.7 Å². The first kappa shape index (κ1) is 25.6. The minimum atomic E-state index is -0.522. The van der Waals surface area contributed by atoms with Crippen LogP contribution in [0.15, 0.2) is 72.8 Å². The van der Waals surface area contributed by atoms with E-state index in [0.717, 1.165) is 43.6 Å². The Morgan fingerprint density at radius 2 is 0.974 bits per heavy atom. The molecular weight excluding hydrogens is 470 g/mol. The van der Waals surface area contributed by atoms with Crippen LogP contribution in [0.3, 0.4) is 0 Å². The van der Waals surface area contributed by atoms with Crippen molar-refractivity contribution in [3.63, 3.8) is 0 Å². The third-order valence-corrected chi connectivity index (χ3v) is 9.19. The first-order chi connectivity index (χ1) is 17.8. The van der Waals surface area contributed by atoms with Crippen LogP contribution in [0, 0.1) is 0 Å². The molecule has 0 amide bonds. The quantitative estimate of drug-likeness (QED) is 0.243. The highest BCUT2D eigenvalue weighted by atomic mass is 16.7. The van der Waals surface area contributed by atoms with Crippen LogP contribution in [0.4, 0.5) is 0 Å². The Kier molecular flexibility index (Phi) is 5.69. The fourth-order valence-corrected chi connectivity index (χ4v) is 5.49. The summed E-state index contributed by atoms with van der Waals surface area (Å²) in [5.74, 6) is 0. The molecule has 0 aromatic heterocycles. The number of rotatable bonds is 3. The standard InChI is InChI=1S/C32H36B2O4/c1-29(2)30(3,4)36-33(35-29)27-23-17-13-12-16-22(23)20-26-25(27)19-18-24(21-14-10-9-11-15-21)28(26)34-37-31(5,6)32(7,8)38-34/h9-20H,1-8H3. The summed E-state index contributed by atoms with van der Waals surface area (Å²) in [4.78, 5) is 0. The van der Waals surface area contributed by atoms with E-state index < -0.39 is 36.6 Å². The minimum Gasteiger partial charge on any atom is -0.399 e. The molecule has 4 aromatic carbocycles. The second-order valence-corrected chi connectivity index (χ2v) is 12.7. The third-order valence-electron chi connectivity index (χ3n) is 9.19. The molecule has 4 aromatic rings. The first-order valence-electron chi connectivity index (χ1n) is 13.6. The molecule has 6 heteroatoms. The molecule has 0 radical (unpaired) electrons. The first-order valence-corrected chi connectivity index (χ1v) is 13.6. The predicted molar refractivity (Wildman–Crippen MR) is 158 cm³/mol. The van der Waals surface area contributed by atoms with E-state index in [-0.39, 0.29) is 0 Å². The molecule has 2 aliphatic heterocycles. The van der Waals surface area contributed by atoms with Gasteiger partial charge in [0.15, 0.2) is 0 Å². The molecule has 0 spiro atoms. The molecule has 4 nitrogen and oxygen atoms in total. The topological polar surface area (TPSA) is 36.9 Å². The molecule has 6 rings (SSSR count). The Bertz CT molecular complexity index is 1510. The molecular formula is C32H36B2O4. The average Bonchev–Trinajstić information content (AvgIpc) is 3.21. The zero-order valence-corrected chi connectivity index (χ0v) is 23.7. The molecule has 194 valence electrons. The van der Waals surface area contributed by atoms with Gasteiger partial charge < -0.3 is 18.6 Å². The molecule has 0 bridgehead atoms. The maximum absolute atomic E-state index is 6.68. The average molecular weight is 506 g/mol. The fraction of sp³-hybridized carbons (Fsp3) is 0.375. The Morgan fingerprint density at radius 1 is 0.474 bits per heavy atom. The molecule has 2 fully saturated rings. The summed E-state index contributed by atoms with van der Waals surface area (Å²) in [6.45, 7) is 16.8. The maximum atomic E-state index is 6.68. The SMILES string of the molecule is CC1(C)OB(c2c(-c3ccccc3)ccc3c(B4OC(C)(C)C(C)(C)O4)c4ccccc4cc23)OC1(C)C. The zero-order chi connectivity index (χ0) is 27.1. The van der Waals surface area contributed by atoms with E-state index in [2.05, 4.69) is 122 Å². The van der Waals surface area contributed by atoms with Crippen LogP contribution in [0.2, 0.25) is 0 Å². The van der Waals surface area contributed by atoms with Gasteiger partial charge in [-0.25, -0.2) is 0 Å². The smallest absolute Gasteiger partial charge is 0.399 e. The highest BCUT2D eigenvalue weighted by Gasteiger charge is 2.54. The Morgan fingerprint density at radius 3 is 1.55 bits per heavy atom. The maximum Gasteiger partial charge on any atom is 0.496 e. The number of fused-ring (bicyclic) bond motifs is 2. The predicted octanol–water partition coefficient (Wildman–Crippen LogP) is 6.26. The van der Waals surface area contributed by atoms with Gasteiger partial charge in [0.1, 0.15) is 0 Å². The zero-order valence-electron chi connectivity index (χ0n) is 23.7. The molecule has 0 atom stereocenters. The van der Waals surface area contributed by atoms with Gasteiger partial charge in [0.05, 0.1) is 22.4 Å². The number of benzene rings is 4. The lowest BCUT2D eigenvalue weighted by atomic mass is 9.67. The van der Waals surface area contributed by atoms with Crippen LogP contribution in [-0.2, 0) is 18.6 Å². The van der Waals surface area contributed by atoms with Crippen LogP contribution >= 0.6 is 0 Å². The van der Waals surface area contributed by atoms with Crippen molar-refractivity contribution in [3.8, 4) is 11.1 Å². The summed E-state index contributed by atoms with van der Waals surface area (Å²) in [5.41, 5.74) is 2.51. The highest BCUT2D eigenvalue weighted by Crippen LogP contribution is 2.40. The summed E-state index contributed by atoms with van der Waals surface area (Å²) >= 11 is 0. The van der Waals surface area contributed by atoms with Gasteiger partial charge in [-0.1, -0.05) is 66.7 Å². The second-order valence-electron chi connectivity index (χ2n) is 12.7. The van der Waals surface area contributed by atoms with Crippen LogP contribution in [0.1, 0.15) is 55.4 Å². The van der Waals surface area contributed by atoms with Crippen molar-refractivity contribution in [1.82, 2.24) is 0 Å². The van der Waals surface area contributed by atoms with Crippen LogP contribution in [-0.4, -0.2) is 36.6 Å². The van der Waals surface area contributed by atoms with Gasteiger partial charge in [0, 0.05) is 0 Å². The van der Waals surface area contributed by atoms with E-state index in [4.69, 9.17) is 18.6 Å². The Balaban J connectivity index is 1.67. The Labute approximate surface area is 226 Å². The summed E-state index contributed by atoms with van der Waals surface area (Å²) in [6, 6.07) is 25.6. The molecule has 2 saturated heterocycles. The van der Waals surface area contributed by atoms with Gasteiger partial charge in [0.25, 0.3) is 0 Å². The molecule has 0 saturated carbocycles. The van der Waals surface area contributed by atoms with E-state index in [9.17, 15) is 0 Å². The summed E-state index contributed by atoms with van der Waals surface area (Å²) in [6.07, 6.45) is 0. The lowest BCUT2D eigenvalue weighted by molar-refractivity contribution is 0.00578. The number of hydrogen-bond acceptors (Lipinski definition) is 4. The molecule has 0 aliphatic carbocycles. The lowest BCUT2D eigenvalue weighted by Gasteiger charge is -2.32. The van der Waals surface area contributed by atoms with E-state index in [0.29, 0.717) is 0 Å². The fourth-order valence-electron chi connectivity index (χ4n) is 5.49. The normalized spacial score (nSPS) is 21.5. The molecule has 2 heterocycles. The van der Waals surface area contributed by atoms with Gasteiger partial charge in [-0.15, -0.1) is 0 Å². The van der Waals surface area contributed by atoms with E-state index in [1.807, 2.05) is 6.07 Å². The largest absolute Gasteiger partial charge is 0.496 e. The van der Waals surface area contributed by atoms with Crippen LogP contribution in [0.5, 0.6) is 0 Å². The molecule has 0 N–H and O–H groups in total. The van der Waals surface area contributed by atoms with E-state index in [1.54, 1.807) is 0 Å². The van der Waals surface area contributed by atoms with Gasteiger partial charge in [0.2, 0.25) is 0 Å². The van der Waals surface area contributed by atoms with Crippen molar-refractivity contribution < 1.29 is 18.6 Å². The minimum absolute atomic E-state index is 0.445. The van der Waals surface area contributed by atoms with Crippen molar-refractivity contribution in [1.29, 1.82) is 0 Å². The highest BCUT2D eigenvalue weighted by molar-refractivity contribution is 6.71. The molecule has 0 unspecified atom stereocenters. The van der Waals surface area contributed by atoms with Crippen molar-refractivity contribution in [2.75, 3.05) is 0 Å². The third kappa shape index (κ3) is 3.84. The monoisotopic (exact) mass is 506 g/mol. The van der Waals surface area contributed by atoms with E-state index >= 15 is 0 Å². The van der Waals surface area contributed by atoms with Crippen molar-refractivity contribution in [3.05, 3.63) is 72.8 Å². The van der Waals surface area contributed by atoms with Gasteiger partial charge in [-0.2, -0.15) is 0 Å². The summed E-state index contributed by atoms with van der Waals surface area (Å²) < 4.78 is 26.6. The molecule has 2 aliphatic rings. The van der Waals surface area contributed by atoms with Gasteiger partial charge >= 0.3 is 14.2 Å². The van der Waals surface area contributed by atoms with Crippen molar-refractivity contribution in [2.45, 2.75) is 77.8 Å². The molecule has 38 heavy (non-hydrogen) atoms. The van der Waals surface area contributed by atoms with Crippen LogP contribution < -0.4 is 10.9 Å². The Hall–Kier alpha value is -2.63. The number of hydrogen-bond donors (Lipinski definition) is 0. The lowest BCUT2D eigenvalue weighted by Crippen LogP contribution is -2.41. The second kappa shape index (κ2) is 8.43.